The van der Waals surface area contributed by atoms with E-state index in [1.165, 1.54) is 12.3 Å². The first-order valence-corrected chi connectivity index (χ1v) is 5.76. The van der Waals surface area contributed by atoms with Crippen molar-refractivity contribution in [3.63, 3.8) is 0 Å². The molecule has 0 aliphatic carbocycles. The highest BCUT2D eigenvalue weighted by molar-refractivity contribution is 6.03. The Morgan fingerprint density at radius 3 is 2.55 bits per heavy atom. The van der Waals surface area contributed by atoms with E-state index in [1.807, 2.05) is 0 Å². The number of nitrogens with two attached hydrogens (primary N) is 1. The topological polar surface area (TPSA) is 106 Å². The van der Waals surface area contributed by atoms with Gasteiger partial charge >= 0.3 is 0 Å². The van der Waals surface area contributed by atoms with Crippen LogP contribution in [0.15, 0.2) is 18.3 Å². The fraction of sp³-hybridized carbons (Fsp3) is 0.167. The van der Waals surface area contributed by atoms with Crippen LogP contribution in [0, 0.1) is 19.7 Å². The van der Waals surface area contributed by atoms with Crippen LogP contribution < -0.4 is 16.6 Å². The smallest absolute Gasteiger partial charge is 0.261 e. The molecule has 0 aliphatic rings. The second-order valence-electron chi connectivity index (χ2n) is 4.09. The Kier molecular flexibility index (Phi) is 3.85. The fourth-order valence-electron chi connectivity index (χ4n) is 1.67. The molecular weight excluding hydrogens is 263 g/mol. The number of hydrogen-bond donors (Lipinski definition) is 3. The Morgan fingerprint density at radius 1 is 1.30 bits per heavy atom. The van der Waals surface area contributed by atoms with Gasteiger partial charge in [0.25, 0.3) is 5.91 Å². The number of nitrogens with zero attached hydrogens (tertiary/aromatic N) is 3. The summed E-state index contributed by atoms with van der Waals surface area (Å²) in [7, 11) is 0. The molecule has 8 heteroatoms. The van der Waals surface area contributed by atoms with Crippen LogP contribution in [0.2, 0.25) is 0 Å². The van der Waals surface area contributed by atoms with E-state index < -0.39 is 11.7 Å². The summed E-state index contributed by atoms with van der Waals surface area (Å²) < 4.78 is 13.9. The van der Waals surface area contributed by atoms with Gasteiger partial charge in [-0.25, -0.2) is 25.2 Å². The summed E-state index contributed by atoms with van der Waals surface area (Å²) in [5.74, 6) is 3.50. The molecule has 2 aromatic heterocycles. The van der Waals surface area contributed by atoms with E-state index in [-0.39, 0.29) is 17.3 Å². The molecule has 0 radical (unpaired) electrons. The number of pyridine rings is 1. The molecule has 2 heterocycles. The number of halogens is 1. The molecule has 0 atom stereocenters. The molecule has 0 saturated heterocycles. The summed E-state index contributed by atoms with van der Waals surface area (Å²) in [6, 6.07) is 3.01. The molecule has 1 amide bonds. The summed E-state index contributed by atoms with van der Waals surface area (Å²) in [6.07, 6.45) is 1.27. The molecule has 104 valence electrons. The van der Waals surface area contributed by atoms with Gasteiger partial charge in [-0.3, -0.25) is 10.1 Å². The number of aromatic nitrogens is 3. The van der Waals surface area contributed by atoms with Crippen molar-refractivity contribution in [3.05, 3.63) is 41.1 Å². The van der Waals surface area contributed by atoms with E-state index >= 15 is 0 Å². The summed E-state index contributed by atoms with van der Waals surface area (Å²) in [5.41, 5.74) is 3.28. The van der Waals surface area contributed by atoms with Gasteiger partial charge in [-0.15, -0.1) is 0 Å². The highest BCUT2D eigenvalue weighted by Crippen LogP contribution is 2.15. The van der Waals surface area contributed by atoms with E-state index in [0.717, 1.165) is 0 Å². The van der Waals surface area contributed by atoms with Gasteiger partial charge in [0, 0.05) is 17.6 Å². The van der Waals surface area contributed by atoms with Crippen molar-refractivity contribution in [3.8, 4) is 0 Å². The van der Waals surface area contributed by atoms with Crippen molar-refractivity contribution in [1.29, 1.82) is 0 Å². The maximum Gasteiger partial charge on any atom is 0.261 e. The zero-order chi connectivity index (χ0) is 14.7. The standard InChI is InChI=1S/C12H13FN6O/c1-6-5-7(2)17-12(16-6)18-11(20)8-3-4-15-10(19-14)9(8)13/h3-5H,14H2,1-2H3,(H,15,19)(H,16,17,18,20). The molecule has 0 bridgehead atoms. The van der Waals surface area contributed by atoms with Crippen molar-refractivity contribution in [1.82, 2.24) is 15.0 Å². The van der Waals surface area contributed by atoms with E-state index in [1.54, 1.807) is 19.9 Å². The lowest BCUT2D eigenvalue weighted by atomic mass is 10.2. The van der Waals surface area contributed by atoms with Crippen molar-refractivity contribution >= 4 is 17.7 Å². The SMILES string of the molecule is Cc1cc(C)nc(NC(=O)c2ccnc(NN)c2F)n1. The summed E-state index contributed by atoms with van der Waals surface area (Å²) in [4.78, 5) is 23.8. The lowest BCUT2D eigenvalue weighted by Crippen LogP contribution is -2.19. The van der Waals surface area contributed by atoms with Crippen LogP contribution in [0.1, 0.15) is 21.7 Å². The third-order valence-electron chi connectivity index (χ3n) is 2.48. The van der Waals surface area contributed by atoms with Crippen molar-refractivity contribution in [2.24, 2.45) is 5.84 Å². The minimum absolute atomic E-state index is 0.117. The number of carbonyl (C=O) groups is 1. The first-order chi connectivity index (χ1) is 9.51. The van der Waals surface area contributed by atoms with E-state index in [9.17, 15) is 9.18 Å². The summed E-state index contributed by atoms with van der Waals surface area (Å²) >= 11 is 0. The van der Waals surface area contributed by atoms with Gasteiger partial charge < -0.3 is 5.43 Å². The lowest BCUT2D eigenvalue weighted by Gasteiger charge is -2.08. The van der Waals surface area contributed by atoms with Gasteiger partial charge in [-0.05, 0) is 26.0 Å². The number of nitrogen functional groups attached to an aromatic ring is 1. The van der Waals surface area contributed by atoms with Crippen LogP contribution in [0.3, 0.4) is 0 Å². The van der Waals surface area contributed by atoms with Crippen LogP contribution >= 0.6 is 0 Å². The van der Waals surface area contributed by atoms with Crippen LogP contribution in [-0.4, -0.2) is 20.9 Å². The molecule has 0 spiro atoms. The van der Waals surface area contributed by atoms with Gasteiger partial charge in [-0.2, -0.15) is 0 Å². The first kappa shape index (κ1) is 13.8. The van der Waals surface area contributed by atoms with Crippen LogP contribution in [0.25, 0.3) is 0 Å². The molecule has 0 fully saturated rings. The number of rotatable bonds is 3. The molecular formula is C12H13FN6O. The van der Waals surface area contributed by atoms with Gasteiger partial charge in [0.05, 0.1) is 5.56 Å². The number of amides is 1. The Bertz CT molecular complexity index is 640. The van der Waals surface area contributed by atoms with Crippen LogP contribution in [-0.2, 0) is 0 Å². The van der Waals surface area contributed by atoms with E-state index in [2.05, 4.69) is 25.7 Å². The minimum atomic E-state index is -0.836. The van der Waals surface area contributed by atoms with Gasteiger partial charge in [-0.1, -0.05) is 0 Å². The second-order valence-corrected chi connectivity index (χ2v) is 4.09. The molecule has 2 aromatic rings. The summed E-state index contributed by atoms with van der Waals surface area (Å²) in [5, 5.41) is 2.43. The number of carbonyl (C=O) groups excluding carboxylic acids is 1. The average molecular weight is 276 g/mol. The predicted octanol–water partition coefficient (Wildman–Crippen LogP) is 1.17. The zero-order valence-corrected chi connectivity index (χ0v) is 10.9. The third-order valence-corrected chi connectivity index (χ3v) is 2.48. The zero-order valence-electron chi connectivity index (χ0n) is 10.9. The molecule has 20 heavy (non-hydrogen) atoms. The molecule has 2 rings (SSSR count). The van der Waals surface area contributed by atoms with E-state index in [0.29, 0.717) is 11.4 Å². The highest BCUT2D eigenvalue weighted by atomic mass is 19.1. The lowest BCUT2D eigenvalue weighted by molar-refractivity contribution is 0.102. The monoisotopic (exact) mass is 276 g/mol. The maximum atomic E-state index is 13.9. The third kappa shape index (κ3) is 2.86. The van der Waals surface area contributed by atoms with Gasteiger partial charge in [0.1, 0.15) is 0 Å². The van der Waals surface area contributed by atoms with Crippen LogP contribution in [0.4, 0.5) is 16.2 Å². The number of hydrogen-bond acceptors (Lipinski definition) is 6. The summed E-state index contributed by atoms with van der Waals surface area (Å²) in [6.45, 7) is 3.54. The molecule has 0 aromatic carbocycles. The number of hydrazine groups is 1. The second kappa shape index (κ2) is 5.57. The van der Waals surface area contributed by atoms with Crippen molar-refractivity contribution in [2.45, 2.75) is 13.8 Å². The average Bonchev–Trinajstić information content (AvgIpc) is 2.37. The maximum absolute atomic E-state index is 13.9. The molecule has 4 N–H and O–H groups in total. The minimum Gasteiger partial charge on any atom is -0.306 e. The van der Waals surface area contributed by atoms with Crippen LogP contribution in [0.5, 0.6) is 0 Å². The Morgan fingerprint density at radius 2 is 1.95 bits per heavy atom. The Balaban J connectivity index is 2.28. The number of nitrogens with one attached hydrogen (secondary N) is 2. The quantitative estimate of drug-likeness (QED) is 0.574. The van der Waals surface area contributed by atoms with Crippen molar-refractivity contribution < 1.29 is 9.18 Å². The first-order valence-electron chi connectivity index (χ1n) is 5.76. The van der Waals surface area contributed by atoms with E-state index in [4.69, 9.17) is 5.84 Å². The molecule has 0 unspecified atom stereocenters. The largest absolute Gasteiger partial charge is 0.306 e. The van der Waals surface area contributed by atoms with Gasteiger partial charge in [0.2, 0.25) is 5.95 Å². The number of aryl methyl sites for hydroxylation is 2. The van der Waals surface area contributed by atoms with Gasteiger partial charge in [0.15, 0.2) is 11.6 Å². The predicted molar refractivity (Wildman–Crippen MR) is 71.5 cm³/mol. The molecule has 7 nitrogen and oxygen atoms in total. The number of anilines is 2. The van der Waals surface area contributed by atoms with Crippen molar-refractivity contribution in [2.75, 3.05) is 10.7 Å². The highest BCUT2D eigenvalue weighted by Gasteiger charge is 2.16. The Hall–Kier alpha value is -2.61. The molecule has 0 saturated carbocycles. The fourth-order valence-corrected chi connectivity index (χ4v) is 1.67. The molecule has 0 aliphatic heterocycles. The normalized spacial score (nSPS) is 10.2. The Labute approximate surface area is 114 Å².